The number of nitriles is 1. The SMILES string of the molecule is CCCc1nc(C)c(Cc2cccc(C(=O)O)c2)c(=O)n1Cc1ccc(-c2ccccc2C#N)cc1. The average Bonchev–Trinajstić information content (AvgIpc) is 2.89. The van der Waals surface area contributed by atoms with Crippen molar-refractivity contribution in [1.29, 1.82) is 5.26 Å². The van der Waals surface area contributed by atoms with Crippen LogP contribution in [0.25, 0.3) is 11.1 Å². The number of aromatic nitrogens is 2. The Morgan fingerprint density at radius 2 is 1.78 bits per heavy atom. The standard InChI is InChI=1S/C30H27N3O3/c1-3-7-28-32-20(2)27(17-22-8-6-10-24(16-22)30(35)36)29(34)33(28)19-21-12-14-23(15-13-21)26-11-5-4-9-25(26)18-31/h4-6,8-16H,3,7,17,19H2,1-2H3,(H,35,36). The van der Waals surface area contributed by atoms with Crippen molar-refractivity contribution >= 4 is 5.97 Å². The Morgan fingerprint density at radius 3 is 2.47 bits per heavy atom. The molecule has 4 aromatic rings. The molecular formula is C30H27N3O3. The van der Waals surface area contributed by atoms with E-state index in [4.69, 9.17) is 4.98 Å². The largest absolute Gasteiger partial charge is 0.478 e. The van der Waals surface area contributed by atoms with Gasteiger partial charge in [-0.2, -0.15) is 5.26 Å². The number of hydrogen-bond acceptors (Lipinski definition) is 4. The molecule has 3 aromatic carbocycles. The Morgan fingerprint density at radius 1 is 1.03 bits per heavy atom. The number of aryl methyl sites for hydroxylation is 2. The predicted molar refractivity (Wildman–Crippen MR) is 139 cm³/mol. The van der Waals surface area contributed by atoms with Gasteiger partial charge >= 0.3 is 5.97 Å². The van der Waals surface area contributed by atoms with Crippen molar-refractivity contribution in [3.05, 3.63) is 122 Å². The molecule has 36 heavy (non-hydrogen) atoms. The summed E-state index contributed by atoms with van der Waals surface area (Å²) in [7, 11) is 0. The molecule has 0 bridgehead atoms. The highest BCUT2D eigenvalue weighted by Crippen LogP contribution is 2.24. The number of carbonyl (C=O) groups is 1. The summed E-state index contributed by atoms with van der Waals surface area (Å²) >= 11 is 0. The fraction of sp³-hybridized carbons (Fsp3) is 0.200. The van der Waals surface area contributed by atoms with Crippen LogP contribution in [0, 0.1) is 18.3 Å². The Balaban J connectivity index is 1.69. The first-order valence-corrected chi connectivity index (χ1v) is 11.9. The fourth-order valence-corrected chi connectivity index (χ4v) is 4.36. The van der Waals surface area contributed by atoms with E-state index in [0.29, 0.717) is 36.2 Å². The highest BCUT2D eigenvalue weighted by Gasteiger charge is 2.16. The highest BCUT2D eigenvalue weighted by molar-refractivity contribution is 5.87. The molecule has 180 valence electrons. The van der Waals surface area contributed by atoms with E-state index in [1.807, 2.05) is 55.5 Å². The maximum Gasteiger partial charge on any atom is 0.335 e. The van der Waals surface area contributed by atoms with E-state index in [-0.39, 0.29) is 11.1 Å². The van der Waals surface area contributed by atoms with Gasteiger partial charge in [0.2, 0.25) is 0 Å². The van der Waals surface area contributed by atoms with Crippen LogP contribution in [0.3, 0.4) is 0 Å². The molecule has 1 N–H and O–H groups in total. The predicted octanol–water partition coefficient (Wildman–Crippen LogP) is 5.38. The second kappa shape index (κ2) is 10.8. The van der Waals surface area contributed by atoms with Gasteiger partial charge in [-0.15, -0.1) is 0 Å². The minimum atomic E-state index is -0.997. The molecule has 0 spiro atoms. The zero-order valence-electron chi connectivity index (χ0n) is 20.4. The highest BCUT2D eigenvalue weighted by atomic mass is 16.4. The van der Waals surface area contributed by atoms with Gasteiger partial charge in [0.05, 0.1) is 23.7 Å². The van der Waals surface area contributed by atoms with Crippen molar-refractivity contribution in [3.8, 4) is 17.2 Å². The summed E-state index contributed by atoms with van der Waals surface area (Å²) in [4.78, 5) is 29.8. The summed E-state index contributed by atoms with van der Waals surface area (Å²) in [6.07, 6.45) is 1.85. The van der Waals surface area contributed by atoms with Gasteiger partial charge in [-0.05, 0) is 53.8 Å². The zero-order valence-corrected chi connectivity index (χ0v) is 20.4. The van der Waals surface area contributed by atoms with E-state index < -0.39 is 5.97 Å². The third-order valence-electron chi connectivity index (χ3n) is 6.23. The Labute approximate surface area is 210 Å². The lowest BCUT2D eigenvalue weighted by atomic mass is 9.99. The summed E-state index contributed by atoms with van der Waals surface area (Å²) in [6.45, 7) is 4.27. The number of nitrogens with zero attached hydrogens (tertiary/aromatic N) is 3. The van der Waals surface area contributed by atoms with Gasteiger partial charge in [-0.1, -0.05) is 61.5 Å². The van der Waals surface area contributed by atoms with Crippen LogP contribution in [-0.4, -0.2) is 20.6 Å². The molecule has 0 saturated heterocycles. The summed E-state index contributed by atoms with van der Waals surface area (Å²) in [5, 5.41) is 18.7. The van der Waals surface area contributed by atoms with Crippen molar-refractivity contribution in [2.24, 2.45) is 0 Å². The first-order chi connectivity index (χ1) is 17.4. The lowest BCUT2D eigenvalue weighted by Crippen LogP contribution is -2.30. The molecule has 0 amide bonds. The van der Waals surface area contributed by atoms with Gasteiger partial charge < -0.3 is 5.11 Å². The Bertz CT molecular complexity index is 1510. The maximum absolute atomic E-state index is 13.7. The number of benzene rings is 3. The van der Waals surface area contributed by atoms with Gasteiger partial charge in [-0.25, -0.2) is 9.78 Å². The van der Waals surface area contributed by atoms with Crippen LogP contribution in [0.2, 0.25) is 0 Å². The molecule has 0 radical (unpaired) electrons. The van der Waals surface area contributed by atoms with Crippen molar-refractivity contribution in [1.82, 2.24) is 9.55 Å². The minimum Gasteiger partial charge on any atom is -0.478 e. The molecule has 1 aromatic heterocycles. The van der Waals surface area contributed by atoms with E-state index in [1.54, 1.807) is 22.8 Å². The second-order valence-electron chi connectivity index (χ2n) is 8.77. The van der Waals surface area contributed by atoms with Crippen LogP contribution in [0.15, 0.2) is 77.6 Å². The van der Waals surface area contributed by atoms with Crippen molar-refractivity contribution < 1.29 is 9.90 Å². The van der Waals surface area contributed by atoms with Crippen LogP contribution in [0.4, 0.5) is 0 Å². The number of hydrogen-bond donors (Lipinski definition) is 1. The van der Waals surface area contributed by atoms with Crippen LogP contribution in [0.5, 0.6) is 0 Å². The Hall–Kier alpha value is -4.50. The quantitative estimate of drug-likeness (QED) is 0.368. The molecule has 6 nitrogen and oxygen atoms in total. The number of carboxylic acid groups (broad SMARTS) is 1. The number of rotatable bonds is 8. The van der Waals surface area contributed by atoms with Gasteiger partial charge in [0, 0.05) is 24.1 Å². The first-order valence-electron chi connectivity index (χ1n) is 11.9. The number of carboxylic acids is 1. The topological polar surface area (TPSA) is 96.0 Å². The molecule has 0 aliphatic heterocycles. The summed E-state index contributed by atoms with van der Waals surface area (Å²) in [6, 6.07) is 24.3. The molecule has 0 unspecified atom stereocenters. The van der Waals surface area contributed by atoms with E-state index in [9.17, 15) is 20.0 Å². The van der Waals surface area contributed by atoms with E-state index in [2.05, 4.69) is 13.0 Å². The van der Waals surface area contributed by atoms with Crippen LogP contribution in [-0.2, 0) is 19.4 Å². The van der Waals surface area contributed by atoms with E-state index in [1.165, 1.54) is 6.07 Å². The third kappa shape index (κ3) is 5.26. The third-order valence-corrected chi connectivity index (χ3v) is 6.23. The molecular weight excluding hydrogens is 450 g/mol. The monoisotopic (exact) mass is 477 g/mol. The van der Waals surface area contributed by atoms with E-state index in [0.717, 1.165) is 34.5 Å². The maximum atomic E-state index is 13.7. The second-order valence-corrected chi connectivity index (χ2v) is 8.77. The van der Waals surface area contributed by atoms with E-state index >= 15 is 0 Å². The normalized spacial score (nSPS) is 10.7. The summed E-state index contributed by atoms with van der Waals surface area (Å²) in [5.41, 5.74) is 5.47. The summed E-state index contributed by atoms with van der Waals surface area (Å²) in [5.74, 6) is -0.259. The van der Waals surface area contributed by atoms with Crippen LogP contribution >= 0.6 is 0 Å². The molecule has 4 rings (SSSR count). The van der Waals surface area contributed by atoms with Crippen molar-refractivity contribution in [2.45, 2.75) is 39.7 Å². The average molecular weight is 478 g/mol. The molecule has 0 atom stereocenters. The molecule has 0 aliphatic carbocycles. The lowest BCUT2D eigenvalue weighted by Gasteiger charge is -2.16. The minimum absolute atomic E-state index is 0.106. The molecule has 0 aliphatic rings. The molecule has 6 heteroatoms. The van der Waals surface area contributed by atoms with Gasteiger partial charge in [0.25, 0.3) is 5.56 Å². The first kappa shape index (κ1) is 24.6. The lowest BCUT2D eigenvalue weighted by molar-refractivity contribution is 0.0696. The van der Waals surface area contributed by atoms with Gasteiger partial charge in [0.15, 0.2) is 0 Å². The smallest absolute Gasteiger partial charge is 0.335 e. The zero-order chi connectivity index (χ0) is 25.7. The van der Waals surface area contributed by atoms with Gasteiger partial charge in [0.1, 0.15) is 5.82 Å². The van der Waals surface area contributed by atoms with Crippen molar-refractivity contribution in [2.75, 3.05) is 0 Å². The molecule has 0 saturated carbocycles. The van der Waals surface area contributed by atoms with Gasteiger partial charge in [-0.3, -0.25) is 9.36 Å². The molecule has 0 fully saturated rings. The van der Waals surface area contributed by atoms with Crippen molar-refractivity contribution in [3.63, 3.8) is 0 Å². The number of aromatic carboxylic acids is 1. The fourth-order valence-electron chi connectivity index (χ4n) is 4.36. The summed E-state index contributed by atoms with van der Waals surface area (Å²) < 4.78 is 1.73. The van der Waals surface area contributed by atoms with Crippen LogP contribution < -0.4 is 5.56 Å². The Kier molecular flexibility index (Phi) is 7.41. The van der Waals surface area contributed by atoms with Crippen LogP contribution in [0.1, 0.15) is 57.5 Å². The molecule has 1 heterocycles.